The maximum Gasteiger partial charge on any atom is 0.266 e. The molecule has 0 radical (unpaired) electrons. The van der Waals surface area contributed by atoms with Crippen LogP contribution < -0.4 is 19.1 Å². The Labute approximate surface area is 159 Å². The number of aromatic nitrogens is 2. The number of benzene rings is 1. The van der Waals surface area contributed by atoms with E-state index in [2.05, 4.69) is 31.8 Å². The van der Waals surface area contributed by atoms with Crippen LogP contribution in [0.2, 0.25) is 0 Å². The van der Waals surface area contributed by atoms with Crippen LogP contribution in [0.15, 0.2) is 35.2 Å². The average Bonchev–Trinajstić information content (AvgIpc) is 2.68. The highest BCUT2D eigenvalue weighted by Gasteiger charge is 2.22. The molecule has 3 rings (SSSR count). The molecule has 0 amide bonds. The number of sulfonamides is 1. The third-order valence-corrected chi connectivity index (χ3v) is 5.77. The fourth-order valence-electron chi connectivity index (χ4n) is 2.77. The molecule has 0 bridgehead atoms. The standard InChI is InChI=1S/C17H23N5O4S/c1-21-8-10-22(11-9-21)17-7-6-16(18-19-17)20-27(23,24)15-5-4-13(25-2)12-14(15)26-3/h4-7,12H,8-11H2,1-3H3,(H,18,20). The molecule has 0 saturated carbocycles. The molecule has 1 aliphatic heterocycles. The number of nitrogens with one attached hydrogen (secondary N) is 1. The van der Waals surface area contributed by atoms with Gasteiger partial charge in [-0.2, -0.15) is 0 Å². The van der Waals surface area contributed by atoms with Crippen LogP contribution in [0.5, 0.6) is 11.5 Å². The van der Waals surface area contributed by atoms with Crippen molar-refractivity contribution in [3.63, 3.8) is 0 Å². The fourth-order valence-corrected chi connectivity index (χ4v) is 3.92. The summed E-state index contributed by atoms with van der Waals surface area (Å²) >= 11 is 0. The van der Waals surface area contributed by atoms with E-state index in [0.29, 0.717) is 5.75 Å². The zero-order valence-electron chi connectivity index (χ0n) is 15.5. The lowest BCUT2D eigenvalue weighted by Gasteiger charge is -2.32. The second-order valence-corrected chi connectivity index (χ2v) is 7.84. The number of hydrogen-bond donors (Lipinski definition) is 1. The number of anilines is 2. The van der Waals surface area contributed by atoms with Gasteiger partial charge in [0.1, 0.15) is 16.4 Å². The smallest absolute Gasteiger partial charge is 0.266 e. The molecule has 0 unspecified atom stereocenters. The van der Waals surface area contributed by atoms with Crippen LogP contribution in [0.3, 0.4) is 0 Å². The van der Waals surface area contributed by atoms with Gasteiger partial charge in [-0.15, -0.1) is 10.2 Å². The molecule has 10 heteroatoms. The Kier molecular flexibility index (Phi) is 5.66. The van der Waals surface area contributed by atoms with E-state index < -0.39 is 10.0 Å². The van der Waals surface area contributed by atoms with Crippen molar-refractivity contribution in [1.82, 2.24) is 15.1 Å². The zero-order chi connectivity index (χ0) is 19.4. The van der Waals surface area contributed by atoms with Crippen molar-refractivity contribution in [2.45, 2.75) is 4.90 Å². The highest BCUT2D eigenvalue weighted by atomic mass is 32.2. The van der Waals surface area contributed by atoms with Gasteiger partial charge in [0, 0.05) is 32.2 Å². The first-order valence-electron chi connectivity index (χ1n) is 8.45. The molecule has 0 atom stereocenters. The predicted molar refractivity (Wildman–Crippen MR) is 102 cm³/mol. The molecule has 27 heavy (non-hydrogen) atoms. The average molecular weight is 393 g/mol. The molecule has 146 valence electrons. The molecule has 2 heterocycles. The zero-order valence-corrected chi connectivity index (χ0v) is 16.4. The van der Waals surface area contributed by atoms with Gasteiger partial charge in [-0.05, 0) is 31.3 Å². The van der Waals surface area contributed by atoms with Crippen molar-refractivity contribution < 1.29 is 17.9 Å². The van der Waals surface area contributed by atoms with Crippen molar-refractivity contribution in [3.8, 4) is 11.5 Å². The molecule has 0 spiro atoms. The van der Waals surface area contributed by atoms with Crippen LogP contribution in [0.25, 0.3) is 0 Å². The number of methoxy groups -OCH3 is 2. The number of hydrogen-bond acceptors (Lipinski definition) is 8. The van der Waals surface area contributed by atoms with Crippen molar-refractivity contribution in [1.29, 1.82) is 0 Å². The first-order chi connectivity index (χ1) is 12.9. The minimum Gasteiger partial charge on any atom is -0.497 e. The predicted octanol–water partition coefficient (Wildman–Crippen LogP) is 1.05. The minimum absolute atomic E-state index is 0.00394. The van der Waals surface area contributed by atoms with Crippen molar-refractivity contribution in [3.05, 3.63) is 30.3 Å². The molecule has 1 saturated heterocycles. The Morgan fingerprint density at radius 3 is 2.33 bits per heavy atom. The lowest BCUT2D eigenvalue weighted by atomic mass is 10.3. The summed E-state index contributed by atoms with van der Waals surface area (Å²) in [6.45, 7) is 3.62. The SMILES string of the molecule is COc1ccc(S(=O)(=O)Nc2ccc(N3CCN(C)CC3)nn2)c(OC)c1. The molecule has 1 N–H and O–H groups in total. The van der Waals surface area contributed by atoms with E-state index in [1.54, 1.807) is 18.2 Å². The van der Waals surface area contributed by atoms with Gasteiger partial charge in [0.15, 0.2) is 11.6 Å². The molecular weight excluding hydrogens is 370 g/mol. The van der Waals surface area contributed by atoms with Crippen molar-refractivity contribution >= 4 is 21.7 Å². The van der Waals surface area contributed by atoms with E-state index in [0.717, 1.165) is 32.0 Å². The van der Waals surface area contributed by atoms with E-state index in [-0.39, 0.29) is 16.5 Å². The maximum atomic E-state index is 12.7. The van der Waals surface area contributed by atoms with Gasteiger partial charge < -0.3 is 19.3 Å². The molecule has 1 aromatic heterocycles. The second kappa shape index (κ2) is 7.97. The molecule has 1 aromatic carbocycles. The van der Waals surface area contributed by atoms with E-state index in [1.165, 1.54) is 26.4 Å². The first kappa shape index (κ1) is 19.2. The van der Waals surface area contributed by atoms with Gasteiger partial charge in [0.25, 0.3) is 10.0 Å². The third kappa shape index (κ3) is 4.40. The lowest BCUT2D eigenvalue weighted by molar-refractivity contribution is 0.312. The topological polar surface area (TPSA) is 96.9 Å². The van der Waals surface area contributed by atoms with Crippen LogP contribution in [-0.4, -0.2) is 71.0 Å². The molecular formula is C17H23N5O4S. The van der Waals surface area contributed by atoms with Crippen molar-refractivity contribution in [2.75, 3.05) is 57.1 Å². The number of rotatable bonds is 6. The van der Waals surface area contributed by atoms with Gasteiger partial charge in [0.2, 0.25) is 0 Å². The summed E-state index contributed by atoms with van der Waals surface area (Å²) in [6, 6.07) is 7.86. The molecule has 9 nitrogen and oxygen atoms in total. The Bertz CT molecular complexity index is 881. The summed E-state index contributed by atoms with van der Waals surface area (Å²) in [6.07, 6.45) is 0. The highest BCUT2D eigenvalue weighted by molar-refractivity contribution is 7.92. The van der Waals surface area contributed by atoms with Crippen molar-refractivity contribution in [2.24, 2.45) is 0 Å². The Balaban J connectivity index is 1.76. The van der Waals surface area contributed by atoms with Gasteiger partial charge in [-0.25, -0.2) is 8.42 Å². The van der Waals surface area contributed by atoms with Gasteiger partial charge in [0.05, 0.1) is 14.2 Å². The third-order valence-electron chi connectivity index (χ3n) is 4.38. The quantitative estimate of drug-likeness (QED) is 0.778. The van der Waals surface area contributed by atoms with E-state index in [1.807, 2.05) is 0 Å². The van der Waals surface area contributed by atoms with E-state index in [9.17, 15) is 8.42 Å². The minimum atomic E-state index is -3.88. The maximum absolute atomic E-state index is 12.7. The molecule has 1 aliphatic rings. The second-order valence-electron chi connectivity index (χ2n) is 6.19. The Morgan fingerprint density at radius 2 is 1.74 bits per heavy atom. The van der Waals surface area contributed by atoms with Crippen LogP contribution in [0, 0.1) is 0 Å². The summed E-state index contributed by atoms with van der Waals surface area (Å²) < 4.78 is 38.1. The van der Waals surface area contributed by atoms with Crippen LogP contribution >= 0.6 is 0 Å². The van der Waals surface area contributed by atoms with Gasteiger partial charge >= 0.3 is 0 Å². The van der Waals surface area contributed by atoms with E-state index in [4.69, 9.17) is 9.47 Å². The summed E-state index contributed by atoms with van der Waals surface area (Å²) in [5.74, 6) is 1.56. The molecule has 2 aromatic rings. The summed E-state index contributed by atoms with van der Waals surface area (Å²) in [7, 11) is 1.10. The first-order valence-corrected chi connectivity index (χ1v) is 9.93. The lowest BCUT2D eigenvalue weighted by Crippen LogP contribution is -2.44. The number of ether oxygens (including phenoxy) is 2. The summed E-state index contributed by atoms with van der Waals surface area (Å²) in [4.78, 5) is 4.36. The van der Waals surface area contributed by atoms with Crippen LogP contribution in [-0.2, 0) is 10.0 Å². The summed E-state index contributed by atoms with van der Waals surface area (Å²) in [5, 5.41) is 8.17. The monoisotopic (exact) mass is 393 g/mol. The Morgan fingerprint density at radius 1 is 1.00 bits per heavy atom. The number of nitrogens with zero attached hydrogens (tertiary/aromatic N) is 4. The van der Waals surface area contributed by atoms with Crippen LogP contribution in [0.1, 0.15) is 0 Å². The van der Waals surface area contributed by atoms with E-state index >= 15 is 0 Å². The molecule has 1 fully saturated rings. The Hall–Kier alpha value is -2.59. The van der Waals surface area contributed by atoms with Crippen LogP contribution in [0.4, 0.5) is 11.6 Å². The van der Waals surface area contributed by atoms with Gasteiger partial charge in [-0.1, -0.05) is 0 Å². The summed E-state index contributed by atoms with van der Waals surface area (Å²) in [5.41, 5.74) is 0. The normalized spacial score (nSPS) is 15.4. The molecule has 0 aliphatic carbocycles. The number of piperazine rings is 1. The largest absolute Gasteiger partial charge is 0.497 e. The highest BCUT2D eigenvalue weighted by Crippen LogP contribution is 2.29. The number of likely N-dealkylation sites (N-methyl/N-ethyl adjacent to an activating group) is 1. The fraction of sp³-hybridized carbons (Fsp3) is 0.412. The van der Waals surface area contributed by atoms with Gasteiger partial charge in [-0.3, -0.25) is 4.72 Å².